The van der Waals surface area contributed by atoms with E-state index in [-0.39, 0.29) is 24.3 Å². The van der Waals surface area contributed by atoms with E-state index in [4.69, 9.17) is 19.2 Å². The zero-order chi connectivity index (χ0) is 34.6. The molecule has 246 valence electrons. The van der Waals surface area contributed by atoms with Crippen LogP contribution in [0.3, 0.4) is 0 Å². The lowest BCUT2D eigenvalue weighted by Crippen LogP contribution is -2.40. The maximum Gasteiger partial charge on any atom is 0.338 e. The van der Waals surface area contributed by atoms with Crippen LogP contribution in [0.1, 0.15) is 40.8 Å². The average molecular weight is 678 g/mol. The molecule has 0 aliphatic carbocycles. The van der Waals surface area contributed by atoms with Crippen LogP contribution in [0.5, 0.6) is 11.5 Å². The summed E-state index contributed by atoms with van der Waals surface area (Å²) in [6.07, 6.45) is 1.81. The molecule has 0 N–H and O–H groups in total. The monoisotopic (exact) mass is 677 g/mol. The van der Waals surface area contributed by atoms with Gasteiger partial charge in [0, 0.05) is 16.7 Å². The van der Waals surface area contributed by atoms with E-state index in [1.165, 1.54) is 11.3 Å². The van der Waals surface area contributed by atoms with Gasteiger partial charge in [-0.15, -0.1) is 0 Å². The summed E-state index contributed by atoms with van der Waals surface area (Å²) >= 11 is 1.25. The van der Waals surface area contributed by atoms with Gasteiger partial charge in [-0.3, -0.25) is 9.36 Å². The van der Waals surface area contributed by atoms with Crippen molar-refractivity contribution in [2.45, 2.75) is 19.6 Å². The van der Waals surface area contributed by atoms with Gasteiger partial charge in [-0.2, -0.15) is 5.26 Å². The molecular weight excluding hydrogens is 647 g/mol. The van der Waals surface area contributed by atoms with Crippen LogP contribution in [0, 0.1) is 11.3 Å². The van der Waals surface area contributed by atoms with E-state index in [0.717, 1.165) is 27.5 Å². The number of methoxy groups -OCH3 is 1. The van der Waals surface area contributed by atoms with Crippen molar-refractivity contribution >= 4 is 39.9 Å². The largest absolute Gasteiger partial charge is 0.496 e. The molecule has 0 saturated heterocycles. The number of nitrogens with zero attached hydrogens (tertiary/aromatic N) is 3. The van der Waals surface area contributed by atoms with Gasteiger partial charge in [0.2, 0.25) is 0 Å². The highest BCUT2D eigenvalue weighted by Crippen LogP contribution is 2.42. The molecule has 2 heterocycles. The fourth-order valence-corrected chi connectivity index (χ4v) is 7.18. The number of fused-ring (bicyclic) bond motifs is 2. The highest BCUT2D eigenvalue weighted by Gasteiger charge is 2.37. The number of ether oxygens (including phenoxy) is 3. The number of aromatic nitrogens is 1. The van der Waals surface area contributed by atoms with Crippen molar-refractivity contribution in [1.82, 2.24) is 4.57 Å². The van der Waals surface area contributed by atoms with Crippen LogP contribution in [-0.4, -0.2) is 24.3 Å². The Hall–Kier alpha value is -6.24. The molecule has 9 heteroatoms. The molecule has 0 bridgehead atoms. The molecule has 0 fully saturated rings. The predicted octanol–water partition coefficient (Wildman–Crippen LogP) is 6.55. The number of thiazole rings is 1. The molecule has 6 aromatic rings. The number of rotatable bonds is 9. The van der Waals surface area contributed by atoms with Gasteiger partial charge in [-0.25, -0.2) is 9.79 Å². The topological polar surface area (TPSA) is 103 Å². The summed E-state index contributed by atoms with van der Waals surface area (Å²) in [6, 6.07) is 37.1. The molecule has 0 unspecified atom stereocenters. The average Bonchev–Trinajstić information content (AvgIpc) is 3.47. The lowest BCUT2D eigenvalue weighted by molar-refractivity contribution is -0.138. The Morgan fingerprint density at radius 1 is 0.940 bits per heavy atom. The first kappa shape index (κ1) is 32.3. The van der Waals surface area contributed by atoms with Crippen molar-refractivity contribution < 1.29 is 19.0 Å². The number of esters is 1. The summed E-state index contributed by atoms with van der Waals surface area (Å²) in [5.74, 6) is 0.607. The highest BCUT2D eigenvalue weighted by molar-refractivity contribution is 7.07. The van der Waals surface area contributed by atoms with E-state index in [1.54, 1.807) is 24.7 Å². The van der Waals surface area contributed by atoms with Gasteiger partial charge >= 0.3 is 5.97 Å². The normalized spacial score (nSPS) is 14.1. The number of carbonyl (C=O) groups excluding carboxylic acids is 1. The van der Waals surface area contributed by atoms with Gasteiger partial charge in [0.1, 0.15) is 24.1 Å². The molecule has 8 nitrogen and oxygen atoms in total. The van der Waals surface area contributed by atoms with Gasteiger partial charge in [0.05, 0.1) is 41.2 Å². The third-order valence-electron chi connectivity index (χ3n) is 8.51. The lowest BCUT2D eigenvalue weighted by atomic mass is 9.89. The fourth-order valence-electron chi connectivity index (χ4n) is 6.18. The first-order valence-electron chi connectivity index (χ1n) is 16.1. The molecule has 0 saturated carbocycles. The first-order chi connectivity index (χ1) is 24.5. The minimum atomic E-state index is -0.893. The fraction of sp³-hybridized carbons (Fsp3) is 0.122. The standard InChI is InChI=1S/C41H31N3O5S/c1-3-48-40(46)36-37(28-12-5-4-6-13-28)43-41-44(38(36)35-32-16-10-9-11-27(32)19-22-33(35)47-2)39(45)34(50-41)23-26-17-20-31(21-18-26)49-25-30-15-8-7-14-29(30)24-42/h4-23,38H,3,25H2,1-2H3/t38-/m0/s1. The van der Waals surface area contributed by atoms with Gasteiger partial charge in [-0.1, -0.05) is 102 Å². The van der Waals surface area contributed by atoms with Crippen LogP contribution >= 0.6 is 11.3 Å². The van der Waals surface area contributed by atoms with Crippen LogP contribution in [0.2, 0.25) is 0 Å². The van der Waals surface area contributed by atoms with Crippen molar-refractivity contribution in [2.24, 2.45) is 4.99 Å². The van der Waals surface area contributed by atoms with E-state index in [0.29, 0.717) is 37.7 Å². The van der Waals surface area contributed by atoms with Crippen LogP contribution < -0.4 is 24.4 Å². The van der Waals surface area contributed by atoms with Crippen LogP contribution in [0.4, 0.5) is 0 Å². The SMILES string of the molecule is CCOC(=O)C1=C(c2ccccc2)N=c2sc(=Cc3ccc(OCc4ccccc4C#N)cc3)c(=O)n2[C@H]1c1c(OC)ccc2ccccc12. The van der Waals surface area contributed by atoms with Gasteiger partial charge in [0.25, 0.3) is 5.56 Å². The summed E-state index contributed by atoms with van der Waals surface area (Å²) in [7, 11) is 1.58. The Kier molecular flexibility index (Phi) is 9.10. The van der Waals surface area contributed by atoms with Gasteiger partial charge < -0.3 is 14.2 Å². The number of hydrogen-bond acceptors (Lipinski definition) is 8. The Morgan fingerprint density at radius 2 is 1.68 bits per heavy atom. The summed E-state index contributed by atoms with van der Waals surface area (Å²) in [5.41, 5.74) is 3.95. The molecule has 5 aromatic carbocycles. The minimum absolute atomic E-state index is 0.152. The van der Waals surface area contributed by atoms with E-state index in [2.05, 4.69) is 6.07 Å². The Bertz CT molecular complexity index is 2490. The van der Waals surface area contributed by atoms with Crippen molar-refractivity contribution in [2.75, 3.05) is 13.7 Å². The predicted molar refractivity (Wildman–Crippen MR) is 193 cm³/mol. The highest BCUT2D eigenvalue weighted by atomic mass is 32.1. The van der Waals surface area contributed by atoms with Crippen LogP contribution in [-0.2, 0) is 16.1 Å². The third kappa shape index (κ3) is 6.09. The number of benzene rings is 5. The number of nitriles is 1. The van der Waals surface area contributed by atoms with Crippen LogP contribution in [0.25, 0.3) is 22.5 Å². The summed E-state index contributed by atoms with van der Waals surface area (Å²) in [6.45, 7) is 2.16. The lowest BCUT2D eigenvalue weighted by Gasteiger charge is -2.28. The molecule has 50 heavy (non-hydrogen) atoms. The second-order valence-electron chi connectivity index (χ2n) is 11.5. The van der Waals surface area contributed by atoms with Crippen molar-refractivity contribution in [3.05, 3.63) is 168 Å². The summed E-state index contributed by atoms with van der Waals surface area (Å²) in [4.78, 5) is 33.9. The molecule has 0 spiro atoms. The molecular formula is C41H31N3O5S. The second-order valence-corrected chi connectivity index (χ2v) is 12.5. The number of hydrogen-bond donors (Lipinski definition) is 0. The Morgan fingerprint density at radius 3 is 2.44 bits per heavy atom. The smallest absolute Gasteiger partial charge is 0.338 e. The van der Waals surface area contributed by atoms with E-state index in [1.807, 2.05) is 115 Å². The maximum absolute atomic E-state index is 14.5. The quantitative estimate of drug-likeness (QED) is 0.161. The molecule has 1 aliphatic heterocycles. The molecule has 1 aliphatic rings. The maximum atomic E-state index is 14.5. The van der Waals surface area contributed by atoms with E-state index in [9.17, 15) is 14.9 Å². The third-order valence-corrected chi connectivity index (χ3v) is 9.49. The molecule has 7 rings (SSSR count). The van der Waals surface area contributed by atoms with Crippen molar-refractivity contribution in [3.63, 3.8) is 0 Å². The van der Waals surface area contributed by atoms with Crippen molar-refractivity contribution in [3.8, 4) is 17.6 Å². The molecule has 1 atom stereocenters. The zero-order valence-corrected chi connectivity index (χ0v) is 28.1. The molecule has 0 amide bonds. The Balaban J connectivity index is 1.39. The molecule has 0 radical (unpaired) electrons. The van der Waals surface area contributed by atoms with Gasteiger partial charge in [0.15, 0.2) is 4.80 Å². The van der Waals surface area contributed by atoms with Crippen molar-refractivity contribution in [1.29, 1.82) is 5.26 Å². The summed E-state index contributed by atoms with van der Waals surface area (Å²) in [5, 5.41) is 11.2. The first-order valence-corrected chi connectivity index (χ1v) is 16.9. The Labute approximate surface area is 292 Å². The minimum Gasteiger partial charge on any atom is -0.496 e. The number of carbonyl (C=O) groups is 1. The zero-order valence-electron chi connectivity index (χ0n) is 27.3. The van der Waals surface area contributed by atoms with Crippen LogP contribution in [0.15, 0.2) is 131 Å². The van der Waals surface area contributed by atoms with E-state index < -0.39 is 12.0 Å². The van der Waals surface area contributed by atoms with Gasteiger partial charge in [-0.05, 0) is 53.6 Å². The summed E-state index contributed by atoms with van der Waals surface area (Å²) < 4.78 is 19.6. The second kappa shape index (κ2) is 14.1. The molecule has 1 aromatic heterocycles. The van der Waals surface area contributed by atoms with E-state index >= 15 is 0 Å².